The fourth-order valence-electron chi connectivity index (χ4n) is 6.56. The number of phenolic OH excluding ortho intramolecular Hbond substituents is 1. The molecule has 370 valence electrons. The summed E-state index contributed by atoms with van der Waals surface area (Å²) in [5.41, 5.74) is 9.97. The molecule has 0 spiro atoms. The topological polar surface area (TPSA) is 127 Å². The summed E-state index contributed by atoms with van der Waals surface area (Å²) in [5.74, 6) is 1.93. The van der Waals surface area contributed by atoms with Crippen LogP contribution in [0.3, 0.4) is 0 Å². The molecule has 0 fully saturated rings. The molecule has 0 atom stereocenters. The number of pyridine rings is 3. The van der Waals surface area contributed by atoms with E-state index in [0.717, 1.165) is 49.7 Å². The van der Waals surface area contributed by atoms with Gasteiger partial charge in [-0.3, -0.25) is 19.7 Å². The standard InChI is InChI=1S/C36H35BrN2O2.C15H17NO.C6H3BrF2.CH2O3.2K.H/c1-35(2,3)26-18-20-38-30(22-26)24-10-14-28(15-11-24)40-32-8-7-9-33(34(32)37)41-29-16-12-25(13-17-29)31-23-27(19-21-39-31)36(4,5)6;1-15(2,3)12-8-9-16-14(10-12)11-4-6-13(17)7-5-11;7-6-4(8)2-1-3-5(6)9;2-1-4-3;;;/h7-23H,1-6H3;4-10,17H,1-3H3;1-3H;1,3H;;;/q;;;;2*+1;-1/p-1. The van der Waals surface area contributed by atoms with E-state index in [0.29, 0.717) is 11.5 Å². The number of benzene rings is 5. The van der Waals surface area contributed by atoms with Crippen LogP contribution in [0.1, 0.15) is 80.4 Å². The van der Waals surface area contributed by atoms with Gasteiger partial charge >= 0.3 is 103 Å². The molecule has 15 heteroatoms. The molecule has 0 aliphatic rings. The Bertz CT molecular complexity index is 2870. The molecule has 9 nitrogen and oxygen atoms in total. The quantitative estimate of drug-likeness (QED) is 0.0521. The van der Waals surface area contributed by atoms with Gasteiger partial charge in [0, 0.05) is 35.3 Å². The first-order valence-corrected chi connectivity index (χ1v) is 24.0. The molecule has 3 heterocycles. The van der Waals surface area contributed by atoms with Crippen LogP contribution in [0.4, 0.5) is 8.78 Å². The molecule has 5 aromatic carbocycles. The average molecular weight is 1170 g/mol. The van der Waals surface area contributed by atoms with Crippen molar-refractivity contribution in [2.24, 2.45) is 0 Å². The third-order valence-electron chi connectivity index (χ3n) is 10.7. The molecule has 3 aromatic heterocycles. The predicted octanol–water partition coefficient (Wildman–Crippen LogP) is 9.79. The number of rotatable bonds is 8. The zero-order valence-corrected chi connectivity index (χ0v) is 52.4. The summed E-state index contributed by atoms with van der Waals surface area (Å²) in [5, 5.41) is 17.7. The maximum atomic E-state index is 12.3. The first-order valence-electron chi connectivity index (χ1n) is 22.4. The SMILES string of the molecule is CC(C)(C)c1ccnc(-c2ccc(O)cc2)c1.CC(C)(C)c1ccnc(-c2ccc(Oc3cccc(Oc4ccc(-c5cc(C(C)(C)C)ccn5)cc4)c3Br)cc2)c1.Fc1cccc(F)c1Br.O=CO[O-].[H-].[K+].[K+]. The molecule has 8 rings (SSSR count). The number of halogens is 4. The second kappa shape index (κ2) is 29.7. The number of carbonyl (C=O) groups excluding carboxylic acids is 1. The molecule has 0 aliphatic heterocycles. The van der Waals surface area contributed by atoms with Gasteiger partial charge in [0.25, 0.3) is 6.47 Å². The summed E-state index contributed by atoms with van der Waals surface area (Å²) in [6, 6.07) is 45.1. The Kier molecular flexibility index (Phi) is 25.9. The van der Waals surface area contributed by atoms with E-state index in [1.807, 2.05) is 104 Å². The van der Waals surface area contributed by atoms with Crippen molar-refractivity contribution in [1.29, 1.82) is 0 Å². The van der Waals surface area contributed by atoms with Crippen LogP contribution in [0, 0.1) is 11.6 Å². The largest absolute Gasteiger partial charge is 1.00 e. The van der Waals surface area contributed by atoms with E-state index in [-0.39, 0.29) is 137 Å². The van der Waals surface area contributed by atoms with Crippen LogP contribution >= 0.6 is 31.9 Å². The summed E-state index contributed by atoms with van der Waals surface area (Å²) in [6.07, 6.45) is 5.58. The minimum absolute atomic E-state index is 0. The fourth-order valence-corrected chi connectivity index (χ4v) is 7.25. The van der Waals surface area contributed by atoms with Crippen molar-refractivity contribution in [2.75, 3.05) is 0 Å². The van der Waals surface area contributed by atoms with Crippen molar-refractivity contribution in [2.45, 2.75) is 78.6 Å². The van der Waals surface area contributed by atoms with Crippen molar-refractivity contribution in [3.8, 4) is 62.5 Å². The number of ether oxygens (including phenoxy) is 2. The van der Waals surface area contributed by atoms with Gasteiger partial charge in [-0.2, -0.15) is 0 Å². The van der Waals surface area contributed by atoms with Crippen LogP contribution < -0.4 is 118 Å². The number of hydrogen-bond donors (Lipinski definition) is 1. The number of aromatic hydroxyl groups is 1. The predicted molar refractivity (Wildman–Crippen MR) is 283 cm³/mol. The molecule has 8 aromatic rings. The zero-order chi connectivity index (χ0) is 51.9. The van der Waals surface area contributed by atoms with Gasteiger partial charge in [-0.25, -0.2) is 8.78 Å². The molecule has 0 saturated heterocycles. The molecule has 73 heavy (non-hydrogen) atoms. The van der Waals surface area contributed by atoms with Crippen molar-refractivity contribution >= 4 is 38.3 Å². The van der Waals surface area contributed by atoms with Crippen LogP contribution in [0.2, 0.25) is 0 Å². The van der Waals surface area contributed by atoms with E-state index in [9.17, 15) is 13.9 Å². The molecule has 0 saturated carbocycles. The zero-order valence-electron chi connectivity index (χ0n) is 44.0. The second-order valence-corrected chi connectivity index (χ2v) is 20.7. The van der Waals surface area contributed by atoms with E-state index in [1.54, 1.807) is 12.1 Å². The summed E-state index contributed by atoms with van der Waals surface area (Å²) in [4.78, 5) is 24.8. The molecular formula is C58H57Br2F2K2N3O6. The second-order valence-electron chi connectivity index (χ2n) is 19.1. The average Bonchev–Trinajstić information content (AvgIpc) is 3.35. The smallest absolute Gasteiger partial charge is 1.00 e. The van der Waals surface area contributed by atoms with Gasteiger partial charge in [0.2, 0.25) is 0 Å². The van der Waals surface area contributed by atoms with Crippen molar-refractivity contribution < 1.29 is 142 Å². The molecule has 0 radical (unpaired) electrons. The Balaban J connectivity index is 0.000000465. The molecule has 1 N–H and O–H groups in total. The Hall–Kier alpha value is -3.53. The van der Waals surface area contributed by atoms with Crippen LogP contribution in [0.5, 0.6) is 28.7 Å². The summed E-state index contributed by atoms with van der Waals surface area (Å²) >= 11 is 6.41. The van der Waals surface area contributed by atoms with Gasteiger partial charge in [0.15, 0.2) is 0 Å². The first kappa shape index (κ1) is 63.8. The van der Waals surface area contributed by atoms with E-state index >= 15 is 0 Å². The van der Waals surface area contributed by atoms with Crippen molar-refractivity contribution in [3.63, 3.8) is 0 Å². The van der Waals surface area contributed by atoms with Gasteiger partial charge < -0.3 is 26.2 Å². The van der Waals surface area contributed by atoms with Crippen LogP contribution in [-0.4, -0.2) is 26.5 Å². The maximum absolute atomic E-state index is 12.3. The monoisotopic (exact) mass is 1170 g/mol. The fraction of sp³-hybridized carbons (Fsp3) is 0.207. The summed E-state index contributed by atoms with van der Waals surface area (Å²) in [6.45, 7) is 19.6. The van der Waals surface area contributed by atoms with Gasteiger partial charge in [-0.1, -0.05) is 74.4 Å². The Morgan fingerprint density at radius 1 is 0.507 bits per heavy atom. The normalized spacial score (nSPS) is 10.8. The molecule has 0 unspecified atom stereocenters. The minimum Gasteiger partial charge on any atom is -1.00 e. The van der Waals surface area contributed by atoms with Crippen LogP contribution in [0.25, 0.3) is 33.8 Å². The van der Waals surface area contributed by atoms with Gasteiger partial charge in [-0.05, 0) is 198 Å². The van der Waals surface area contributed by atoms with Crippen LogP contribution in [-0.2, 0) is 25.9 Å². The number of phenols is 1. The van der Waals surface area contributed by atoms with E-state index < -0.39 is 11.6 Å². The maximum Gasteiger partial charge on any atom is 1.00 e. The molecule has 0 bridgehead atoms. The van der Waals surface area contributed by atoms with Crippen LogP contribution in [0.15, 0.2) is 173 Å². The Labute approximate surface area is 531 Å². The summed E-state index contributed by atoms with van der Waals surface area (Å²) in [7, 11) is 0. The van der Waals surface area contributed by atoms with Gasteiger partial charge in [-0.15, -0.1) is 0 Å². The molecule has 0 aliphatic carbocycles. The number of aromatic nitrogens is 3. The van der Waals surface area contributed by atoms with Crippen molar-refractivity contribution in [1.82, 2.24) is 15.0 Å². The summed E-state index contributed by atoms with van der Waals surface area (Å²) < 4.78 is 37.7. The van der Waals surface area contributed by atoms with E-state index in [2.05, 4.69) is 144 Å². The third kappa shape index (κ3) is 19.8. The van der Waals surface area contributed by atoms with Gasteiger partial charge in [0.05, 0.1) is 21.6 Å². The first-order chi connectivity index (χ1) is 33.6. The number of carbonyl (C=O) groups is 1. The molecule has 0 amide bonds. The molecular weight excluding hydrogens is 1110 g/mol. The van der Waals surface area contributed by atoms with Gasteiger partial charge in [0.1, 0.15) is 44.9 Å². The Morgan fingerprint density at radius 2 is 0.808 bits per heavy atom. The number of hydrogen-bond acceptors (Lipinski definition) is 9. The number of nitrogens with zero attached hydrogens (tertiary/aromatic N) is 3. The van der Waals surface area contributed by atoms with Crippen molar-refractivity contribution in [3.05, 3.63) is 201 Å². The Morgan fingerprint density at radius 3 is 1.10 bits per heavy atom. The third-order valence-corrected chi connectivity index (χ3v) is 12.2. The van der Waals surface area contributed by atoms with E-state index in [4.69, 9.17) is 19.5 Å². The minimum atomic E-state index is -0.574. The van der Waals surface area contributed by atoms with E-state index in [1.165, 1.54) is 34.9 Å².